The van der Waals surface area contributed by atoms with E-state index in [4.69, 9.17) is 9.47 Å². The number of nitrogens with one attached hydrogen (secondary N) is 1. The summed E-state index contributed by atoms with van der Waals surface area (Å²) in [5, 5.41) is 3.39. The Kier molecular flexibility index (Phi) is 6.54. The Labute approximate surface area is 117 Å². The molecular formula is C16H27NO2. The molecule has 1 N–H and O–H groups in total. The van der Waals surface area contributed by atoms with Gasteiger partial charge in [-0.3, -0.25) is 0 Å². The number of unbranched alkanes of at least 4 members (excludes halogenated alkanes) is 2. The maximum Gasteiger partial charge on any atom is 0.142 e. The third-order valence-corrected chi connectivity index (χ3v) is 3.10. The van der Waals surface area contributed by atoms with E-state index < -0.39 is 0 Å². The third kappa shape index (κ3) is 4.66. The van der Waals surface area contributed by atoms with Gasteiger partial charge in [0.1, 0.15) is 11.5 Å². The first-order valence-electron chi connectivity index (χ1n) is 7.13. The van der Waals surface area contributed by atoms with Crippen LogP contribution in [0.4, 0.5) is 5.69 Å². The van der Waals surface area contributed by atoms with Crippen molar-refractivity contribution in [3.63, 3.8) is 0 Å². The number of methoxy groups -OCH3 is 2. The zero-order valence-electron chi connectivity index (χ0n) is 12.9. The lowest BCUT2D eigenvalue weighted by Crippen LogP contribution is -2.11. The second-order valence-corrected chi connectivity index (χ2v) is 5.12. The van der Waals surface area contributed by atoms with Crippen LogP contribution >= 0.6 is 0 Å². The number of hydrogen-bond acceptors (Lipinski definition) is 3. The van der Waals surface area contributed by atoms with Crippen LogP contribution in [0.3, 0.4) is 0 Å². The summed E-state index contributed by atoms with van der Waals surface area (Å²) in [6.07, 6.45) is 4.70. The summed E-state index contributed by atoms with van der Waals surface area (Å²) in [6.45, 7) is 6.44. The molecule has 0 amide bonds. The fraction of sp³-hybridized carbons (Fsp3) is 0.625. The second-order valence-electron chi connectivity index (χ2n) is 5.12. The summed E-state index contributed by atoms with van der Waals surface area (Å²) in [5.74, 6) is 1.83. The lowest BCUT2D eigenvalue weighted by atomic mass is 10.0. The molecule has 0 unspecified atom stereocenters. The van der Waals surface area contributed by atoms with E-state index in [-0.39, 0.29) is 0 Å². The van der Waals surface area contributed by atoms with Gasteiger partial charge in [0.25, 0.3) is 0 Å². The van der Waals surface area contributed by atoms with Crippen LogP contribution in [-0.2, 0) is 6.42 Å². The monoisotopic (exact) mass is 265 g/mol. The van der Waals surface area contributed by atoms with Gasteiger partial charge in [0.15, 0.2) is 0 Å². The van der Waals surface area contributed by atoms with Crippen LogP contribution in [0.5, 0.6) is 11.5 Å². The van der Waals surface area contributed by atoms with Gasteiger partial charge in [-0.05, 0) is 38.3 Å². The van der Waals surface area contributed by atoms with Gasteiger partial charge in [0.05, 0.1) is 19.9 Å². The fourth-order valence-corrected chi connectivity index (χ4v) is 2.15. The van der Waals surface area contributed by atoms with Crippen molar-refractivity contribution in [1.29, 1.82) is 0 Å². The summed E-state index contributed by atoms with van der Waals surface area (Å²) in [7, 11) is 3.44. The predicted molar refractivity (Wildman–Crippen MR) is 81.5 cm³/mol. The van der Waals surface area contributed by atoms with Crippen molar-refractivity contribution < 1.29 is 9.47 Å². The van der Waals surface area contributed by atoms with Crippen LogP contribution in [0, 0.1) is 0 Å². The molecule has 0 spiro atoms. The van der Waals surface area contributed by atoms with Crippen molar-refractivity contribution in [1.82, 2.24) is 0 Å². The molecule has 0 heterocycles. The number of benzene rings is 1. The minimum atomic E-state index is 0.365. The first kappa shape index (κ1) is 15.7. The van der Waals surface area contributed by atoms with Gasteiger partial charge < -0.3 is 14.8 Å². The SMILES string of the molecule is CCCCCc1cc(OC)c(NC(C)C)cc1OC. The van der Waals surface area contributed by atoms with E-state index >= 15 is 0 Å². The molecule has 0 fully saturated rings. The molecule has 0 aliphatic heterocycles. The highest BCUT2D eigenvalue weighted by molar-refractivity contribution is 5.62. The van der Waals surface area contributed by atoms with Gasteiger partial charge in [-0.15, -0.1) is 0 Å². The highest BCUT2D eigenvalue weighted by Crippen LogP contribution is 2.34. The molecule has 1 aromatic carbocycles. The first-order valence-corrected chi connectivity index (χ1v) is 7.13. The lowest BCUT2D eigenvalue weighted by Gasteiger charge is -2.18. The molecule has 1 aromatic rings. The van der Waals surface area contributed by atoms with Gasteiger partial charge >= 0.3 is 0 Å². The quantitative estimate of drug-likeness (QED) is 0.712. The second kappa shape index (κ2) is 7.93. The minimum Gasteiger partial charge on any atom is -0.496 e. The van der Waals surface area contributed by atoms with Crippen LogP contribution in [-0.4, -0.2) is 20.3 Å². The standard InChI is InChI=1S/C16H27NO2/c1-6-7-8-9-13-10-16(19-5)14(17-12(2)3)11-15(13)18-4/h10-12,17H,6-9H2,1-5H3. The van der Waals surface area contributed by atoms with E-state index in [0.29, 0.717) is 6.04 Å². The molecule has 0 atom stereocenters. The van der Waals surface area contributed by atoms with E-state index in [1.807, 2.05) is 6.07 Å². The van der Waals surface area contributed by atoms with E-state index in [1.54, 1.807) is 14.2 Å². The molecule has 19 heavy (non-hydrogen) atoms. The lowest BCUT2D eigenvalue weighted by molar-refractivity contribution is 0.399. The summed E-state index contributed by atoms with van der Waals surface area (Å²) >= 11 is 0. The molecule has 0 saturated carbocycles. The number of ether oxygens (including phenoxy) is 2. The normalized spacial score (nSPS) is 10.6. The Hall–Kier alpha value is -1.38. The van der Waals surface area contributed by atoms with E-state index in [1.165, 1.54) is 24.8 Å². The Bertz CT molecular complexity index is 389. The van der Waals surface area contributed by atoms with Gasteiger partial charge in [-0.1, -0.05) is 19.8 Å². The molecule has 0 radical (unpaired) electrons. The van der Waals surface area contributed by atoms with Crippen LogP contribution in [0.15, 0.2) is 12.1 Å². The Morgan fingerprint density at radius 2 is 1.74 bits per heavy atom. The van der Waals surface area contributed by atoms with Crippen LogP contribution in [0.25, 0.3) is 0 Å². The summed E-state index contributed by atoms with van der Waals surface area (Å²) in [4.78, 5) is 0. The molecule has 0 aromatic heterocycles. The molecule has 3 nitrogen and oxygen atoms in total. The maximum absolute atomic E-state index is 5.50. The van der Waals surface area contributed by atoms with Gasteiger partial charge in [-0.2, -0.15) is 0 Å². The summed E-state index contributed by atoms with van der Waals surface area (Å²) < 4.78 is 11.0. The number of aryl methyl sites for hydroxylation is 1. The van der Waals surface area contributed by atoms with Gasteiger partial charge in [-0.25, -0.2) is 0 Å². The van der Waals surface area contributed by atoms with Crippen molar-refractivity contribution in [3.05, 3.63) is 17.7 Å². The van der Waals surface area contributed by atoms with Crippen molar-refractivity contribution in [2.75, 3.05) is 19.5 Å². The highest BCUT2D eigenvalue weighted by atomic mass is 16.5. The topological polar surface area (TPSA) is 30.5 Å². The molecule has 0 bridgehead atoms. The molecule has 0 aliphatic rings. The average molecular weight is 265 g/mol. The third-order valence-electron chi connectivity index (χ3n) is 3.10. The average Bonchev–Trinajstić information content (AvgIpc) is 2.39. The van der Waals surface area contributed by atoms with Crippen molar-refractivity contribution in [2.45, 2.75) is 52.5 Å². The smallest absolute Gasteiger partial charge is 0.142 e. The Morgan fingerprint density at radius 1 is 1.05 bits per heavy atom. The fourth-order valence-electron chi connectivity index (χ4n) is 2.15. The minimum absolute atomic E-state index is 0.365. The van der Waals surface area contributed by atoms with Crippen molar-refractivity contribution in [2.24, 2.45) is 0 Å². The van der Waals surface area contributed by atoms with E-state index in [0.717, 1.165) is 23.6 Å². The Morgan fingerprint density at radius 3 is 2.26 bits per heavy atom. The van der Waals surface area contributed by atoms with Crippen molar-refractivity contribution >= 4 is 5.69 Å². The summed E-state index contributed by atoms with van der Waals surface area (Å²) in [6, 6.07) is 4.50. The largest absolute Gasteiger partial charge is 0.496 e. The molecular weight excluding hydrogens is 238 g/mol. The number of hydrogen-bond donors (Lipinski definition) is 1. The first-order chi connectivity index (χ1) is 9.12. The van der Waals surface area contributed by atoms with Crippen LogP contribution in [0.2, 0.25) is 0 Å². The van der Waals surface area contributed by atoms with E-state index in [2.05, 4.69) is 32.2 Å². The molecule has 1 rings (SSSR count). The molecule has 108 valence electrons. The zero-order valence-corrected chi connectivity index (χ0v) is 12.9. The van der Waals surface area contributed by atoms with Gasteiger partial charge in [0.2, 0.25) is 0 Å². The highest BCUT2D eigenvalue weighted by Gasteiger charge is 2.11. The number of rotatable bonds is 8. The van der Waals surface area contributed by atoms with Crippen molar-refractivity contribution in [3.8, 4) is 11.5 Å². The predicted octanol–water partition coefficient (Wildman–Crippen LogP) is 4.26. The van der Waals surface area contributed by atoms with E-state index in [9.17, 15) is 0 Å². The maximum atomic E-state index is 5.50. The number of anilines is 1. The van der Waals surface area contributed by atoms with Crippen LogP contribution < -0.4 is 14.8 Å². The summed E-state index contributed by atoms with van der Waals surface area (Å²) in [5.41, 5.74) is 2.22. The van der Waals surface area contributed by atoms with Crippen LogP contribution in [0.1, 0.15) is 45.6 Å². The molecule has 0 saturated heterocycles. The molecule has 0 aliphatic carbocycles. The Balaban J connectivity index is 2.97. The zero-order chi connectivity index (χ0) is 14.3. The molecule has 3 heteroatoms. The van der Waals surface area contributed by atoms with Gasteiger partial charge in [0, 0.05) is 12.1 Å².